The van der Waals surface area contributed by atoms with Gasteiger partial charge in [0, 0.05) is 10.8 Å². The van der Waals surface area contributed by atoms with Crippen molar-refractivity contribution in [3.05, 3.63) is 73.9 Å². The SMILES string of the molecule is C=C(F)C(=O)Oc1cc2c(OC(=O)C(=C)F)ccc(OC(=O)C(=C)F)c2cc1OC(=O)C(=C)F. The summed E-state index contributed by atoms with van der Waals surface area (Å²) in [5, 5.41) is -0.564. The van der Waals surface area contributed by atoms with E-state index in [1.165, 1.54) is 0 Å². The van der Waals surface area contributed by atoms with E-state index in [0.717, 1.165) is 24.3 Å². The van der Waals surface area contributed by atoms with Crippen LogP contribution in [0.5, 0.6) is 23.0 Å². The van der Waals surface area contributed by atoms with Crippen LogP contribution >= 0.6 is 0 Å². The Labute approximate surface area is 187 Å². The number of halogens is 4. The van der Waals surface area contributed by atoms with Crippen molar-refractivity contribution in [2.24, 2.45) is 0 Å². The van der Waals surface area contributed by atoms with Gasteiger partial charge < -0.3 is 18.9 Å². The maximum Gasteiger partial charge on any atom is 0.372 e. The van der Waals surface area contributed by atoms with Gasteiger partial charge in [-0.2, -0.15) is 17.6 Å². The average molecular weight is 480 g/mol. The van der Waals surface area contributed by atoms with Crippen LogP contribution in [0.1, 0.15) is 0 Å². The monoisotopic (exact) mass is 480 g/mol. The topological polar surface area (TPSA) is 105 Å². The molecule has 176 valence electrons. The molecule has 12 heteroatoms. The van der Waals surface area contributed by atoms with E-state index in [9.17, 15) is 36.7 Å². The first-order valence-electron chi connectivity index (χ1n) is 8.69. The van der Waals surface area contributed by atoms with Gasteiger partial charge >= 0.3 is 23.9 Å². The zero-order valence-corrected chi connectivity index (χ0v) is 16.9. The first-order valence-corrected chi connectivity index (χ1v) is 8.69. The lowest BCUT2D eigenvalue weighted by Crippen LogP contribution is -2.13. The van der Waals surface area contributed by atoms with Gasteiger partial charge in [-0.3, -0.25) is 0 Å². The maximum atomic E-state index is 13.2. The third kappa shape index (κ3) is 5.94. The van der Waals surface area contributed by atoms with E-state index in [1.54, 1.807) is 0 Å². The number of benzene rings is 2. The highest BCUT2D eigenvalue weighted by Crippen LogP contribution is 2.42. The van der Waals surface area contributed by atoms with Crippen LogP contribution in [-0.4, -0.2) is 23.9 Å². The fourth-order valence-corrected chi connectivity index (χ4v) is 2.26. The molecule has 0 aliphatic heterocycles. The number of esters is 4. The highest BCUT2D eigenvalue weighted by Gasteiger charge is 2.23. The molecule has 0 amide bonds. The largest absolute Gasteiger partial charge is 0.421 e. The summed E-state index contributed by atoms with van der Waals surface area (Å²) in [4.78, 5) is 46.6. The Morgan fingerprint density at radius 2 is 0.735 bits per heavy atom. The molecule has 2 rings (SSSR count). The predicted octanol–water partition coefficient (Wildman–Crippen LogP) is 4.39. The molecule has 8 nitrogen and oxygen atoms in total. The van der Waals surface area contributed by atoms with Crippen molar-refractivity contribution in [3.8, 4) is 23.0 Å². The van der Waals surface area contributed by atoms with Crippen LogP contribution in [0.2, 0.25) is 0 Å². The molecule has 0 aliphatic carbocycles. The van der Waals surface area contributed by atoms with Gasteiger partial charge in [-0.05, 0) is 24.3 Å². The van der Waals surface area contributed by atoms with Gasteiger partial charge in [0.2, 0.25) is 23.3 Å². The van der Waals surface area contributed by atoms with Crippen LogP contribution in [-0.2, 0) is 19.2 Å². The predicted molar refractivity (Wildman–Crippen MR) is 107 cm³/mol. The fourth-order valence-electron chi connectivity index (χ4n) is 2.26. The van der Waals surface area contributed by atoms with Crippen LogP contribution in [0.15, 0.2) is 73.9 Å². The zero-order valence-electron chi connectivity index (χ0n) is 16.9. The Bertz CT molecular complexity index is 1200. The highest BCUT2D eigenvalue weighted by molar-refractivity contribution is 6.01. The molecule has 0 saturated heterocycles. The van der Waals surface area contributed by atoms with Crippen molar-refractivity contribution in [1.29, 1.82) is 0 Å². The minimum Gasteiger partial charge on any atom is -0.421 e. The van der Waals surface area contributed by atoms with Gasteiger partial charge in [-0.1, -0.05) is 26.3 Å². The number of carbonyl (C=O) groups excluding carboxylic acids is 4. The van der Waals surface area contributed by atoms with E-state index in [0.29, 0.717) is 0 Å². The minimum atomic E-state index is -1.65. The summed E-state index contributed by atoms with van der Waals surface area (Å²) in [5.74, 6) is -14.9. The van der Waals surface area contributed by atoms with E-state index in [2.05, 4.69) is 26.3 Å². The molecule has 0 atom stereocenters. The summed E-state index contributed by atoms with van der Waals surface area (Å²) in [7, 11) is 0. The van der Waals surface area contributed by atoms with Crippen LogP contribution in [0.3, 0.4) is 0 Å². The first kappa shape index (κ1) is 25.5. The summed E-state index contributed by atoms with van der Waals surface area (Å²) >= 11 is 0. The Kier molecular flexibility index (Phi) is 7.69. The van der Waals surface area contributed by atoms with Gasteiger partial charge in [-0.15, -0.1) is 0 Å². The molecule has 0 N–H and O–H groups in total. The smallest absolute Gasteiger partial charge is 0.372 e. The number of carbonyl (C=O) groups is 4. The molecular formula is C22H12F4O8. The van der Waals surface area contributed by atoms with Gasteiger partial charge in [0.1, 0.15) is 11.5 Å². The number of hydrogen-bond acceptors (Lipinski definition) is 8. The summed E-state index contributed by atoms with van der Waals surface area (Å²) in [5.41, 5.74) is 0. The molecule has 0 fully saturated rings. The molecule has 0 bridgehead atoms. The van der Waals surface area contributed by atoms with Crippen LogP contribution < -0.4 is 18.9 Å². The highest BCUT2D eigenvalue weighted by atomic mass is 19.1. The third-order valence-electron chi connectivity index (χ3n) is 3.70. The van der Waals surface area contributed by atoms with Crippen LogP contribution in [0.4, 0.5) is 17.6 Å². The Morgan fingerprint density at radius 3 is 0.971 bits per heavy atom. The number of rotatable bonds is 8. The summed E-state index contributed by atoms with van der Waals surface area (Å²) in [6.07, 6.45) is 0. The summed E-state index contributed by atoms with van der Waals surface area (Å²) in [6.45, 7) is 11.0. The lowest BCUT2D eigenvalue weighted by Gasteiger charge is -2.15. The van der Waals surface area contributed by atoms with Crippen molar-refractivity contribution >= 4 is 34.6 Å². The second-order valence-corrected chi connectivity index (χ2v) is 6.08. The molecule has 2 aromatic rings. The van der Waals surface area contributed by atoms with Gasteiger partial charge in [0.25, 0.3) is 0 Å². The van der Waals surface area contributed by atoms with Gasteiger partial charge in [0.15, 0.2) is 11.5 Å². The van der Waals surface area contributed by atoms with Gasteiger partial charge in [-0.25, -0.2) is 19.2 Å². The Hall–Kier alpha value is -4.74. The van der Waals surface area contributed by atoms with Gasteiger partial charge in [0.05, 0.1) is 0 Å². The van der Waals surface area contributed by atoms with E-state index in [4.69, 9.17) is 18.9 Å². The number of fused-ring (bicyclic) bond motifs is 1. The van der Waals surface area contributed by atoms with Crippen molar-refractivity contribution in [1.82, 2.24) is 0 Å². The van der Waals surface area contributed by atoms with Crippen molar-refractivity contribution in [2.45, 2.75) is 0 Å². The van der Waals surface area contributed by atoms with Crippen molar-refractivity contribution < 1.29 is 55.7 Å². The first-order chi connectivity index (χ1) is 15.8. The molecule has 34 heavy (non-hydrogen) atoms. The standard InChI is InChI=1S/C22H12F4O8/c1-9(23)19(27)31-15-5-6-16(32-20(28)10(2)24)14-8-18(34-22(30)12(4)26)17(7-13(14)15)33-21(29)11(3)25/h5-8H,1-4H2. The molecule has 0 radical (unpaired) electrons. The van der Waals surface area contributed by atoms with E-state index >= 15 is 0 Å². The fraction of sp³-hybridized carbons (Fsp3) is 0. The maximum absolute atomic E-state index is 13.2. The molecule has 2 aromatic carbocycles. The lowest BCUT2D eigenvalue weighted by atomic mass is 10.1. The Morgan fingerprint density at radius 1 is 0.500 bits per heavy atom. The average Bonchev–Trinajstić information content (AvgIpc) is 2.75. The summed E-state index contributed by atoms with van der Waals surface area (Å²) in [6, 6.07) is 3.57. The molecule has 0 aromatic heterocycles. The van der Waals surface area contributed by atoms with E-state index < -0.39 is 70.2 Å². The summed E-state index contributed by atoms with van der Waals surface area (Å²) < 4.78 is 71.6. The third-order valence-corrected chi connectivity index (χ3v) is 3.70. The van der Waals surface area contributed by atoms with Crippen molar-refractivity contribution in [3.63, 3.8) is 0 Å². The van der Waals surface area contributed by atoms with Crippen LogP contribution in [0.25, 0.3) is 10.8 Å². The van der Waals surface area contributed by atoms with E-state index in [1.807, 2.05) is 0 Å². The number of ether oxygens (including phenoxy) is 4. The molecule has 0 aliphatic rings. The lowest BCUT2D eigenvalue weighted by molar-refractivity contribution is -0.134. The van der Waals surface area contributed by atoms with E-state index in [-0.39, 0.29) is 10.8 Å². The number of hydrogen-bond donors (Lipinski definition) is 0. The minimum absolute atomic E-state index is 0.282. The quantitative estimate of drug-likeness (QED) is 0.237. The molecular weight excluding hydrogens is 468 g/mol. The molecule has 0 saturated carbocycles. The molecule has 0 heterocycles. The molecule has 0 unspecified atom stereocenters. The second kappa shape index (κ2) is 10.3. The normalized spacial score (nSPS) is 10.1. The van der Waals surface area contributed by atoms with Crippen molar-refractivity contribution in [2.75, 3.05) is 0 Å². The second-order valence-electron chi connectivity index (χ2n) is 6.08. The zero-order chi connectivity index (χ0) is 25.7. The molecule has 0 spiro atoms. The Balaban J connectivity index is 2.82. The van der Waals surface area contributed by atoms with Crippen LogP contribution in [0, 0.1) is 0 Å².